The molecule has 0 saturated carbocycles. The monoisotopic (exact) mass is 359 g/mol. The number of nitrogens with zero attached hydrogens (tertiary/aromatic N) is 1. The summed E-state index contributed by atoms with van der Waals surface area (Å²) in [6.07, 6.45) is 6.55. The maximum atomic E-state index is 7.22. The quantitative estimate of drug-likeness (QED) is 0.203. The number of unbranched alkanes of at least 4 members (excludes halogenated alkanes) is 2. The van der Waals surface area contributed by atoms with Crippen molar-refractivity contribution in [2.75, 3.05) is 26.2 Å². The van der Waals surface area contributed by atoms with Gasteiger partial charge in [0.1, 0.15) is 0 Å². The number of benzene rings is 1. The fourth-order valence-electron chi connectivity index (χ4n) is 3.66. The van der Waals surface area contributed by atoms with Crippen molar-refractivity contribution in [3.05, 3.63) is 35.4 Å². The lowest BCUT2D eigenvalue weighted by atomic mass is 10.1. The maximum absolute atomic E-state index is 7.22. The fraction of sp³-hybridized carbons (Fsp3) is 0.579. The number of aryl methyl sites for hydroxylation is 1. The molecule has 1 unspecified atom stereocenters. The molecule has 0 spiro atoms. The second kappa shape index (κ2) is 10.7. The van der Waals surface area contributed by atoms with Crippen LogP contribution in [-0.4, -0.2) is 43.0 Å². The molecule has 0 amide bonds. The number of hydrogen-bond donors (Lipinski definition) is 6. The summed E-state index contributed by atoms with van der Waals surface area (Å²) < 4.78 is 0. The van der Waals surface area contributed by atoms with E-state index in [1.165, 1.54) is 17.5 Å². The molecule has 0 saturated heterocycles. The topological polar surface area (TPSA) is 127 Å². The second-order valence-corrected chi connectivity index (χ2v) is 6.88. The number of guanidine groups is 2. The molecule has 26 heavy (non-hydrogen) atoms. The Kier molecular flexibility index (Phi) is 8.21. The van der Waals surface area contributed by atoms with Crippen molar-refractivity contribution in [1.82, 2.24) is 15.5 Å². The molecule has 7 heteroatoms. The van der Waals surface area contributed by atoms with E-state index in [1.54, 1.807) is 0 Å². The third-order valence-corrected chi connectivity index (χ3v) is 4.92. The first-order valence-electron chi connectivity index (χ1n) is 9.55. The summed E-state index contributed by atoms with van der Waals surface area (Å²) in [6, 6.07) is 9.30. The van der Waals surface area contributed by atoms with Crippen molar-refractivity contribution >= 4 is 11.9 Å². The zero-order chi connectivity index (χ0) is 18.8. The Morgan fingerprint density at radius 1 is 0.962 bits per heavy atom. The van der Waals surface area contributed by atoms with Crippen LogP contribution in [0.25, 0.3) is 0 Å². The van der Waals surface area contributed by atoms with Crippen molar-refractivity contribution in [3.63, 3.8) is 0 Å². The average Bonchev–Trinajstić information content (AvgIpc) is 3.03. The minimum Gasteiger partial charge on any atom is -0.370 e. The number of fused-ring (bicyclic) bond motifs is 1. The average molecular weight is 360 g/mol. The SMILES string of the molecule is N=C(N)NCCCCN(CCCCNC(=N)N)C1CCc2ccccc21. The lowest BCUT2D eigenvalue weighted by molar-refractivity contribution is 0.189. The lowest BCUT2D eigenvalue weighted by Gasteiger charge is -2.30. The predicted molar refractivity (Wildman–Crippen MR) is 107 cm³/mol. The molecule has 0 bridgehead atoms. The van der Waals surface area contributed by atoms with Gasteiger partial charge in [0.15, 0.2) is 11.9 Å². The first-order chi connectivity index (χ1) is 12.6. The lowest BCUT2D eigenvalue weighted by Crippen LogP contribution is -2.33. The minimum atomic E-state index is 0.0459. The fourth-order valence-corrected chi connectivity index (χ4v) is 3.66. The summed E-state index contributed by atoms with van der Waals surface area (Å²) in [6.45, 7) is 3.62. The molecule has 0 aromatic heterocycles. The molecule has 0 aliphatic heterocycles. The molecular weight excluding hydrogens is 326 g/mol. The van der Waals surface area contributed by atoms with E-state index in [-0.39, 0.29) is 11.9 Å². The summed E-state index contributed by atoms with van der Waals surface area (Å²) in [5, 5.41) is 20.2. The number of rotatable bonds is 11. The largest absolute Gasteiger partial charge is 0.370 e. The molecular formula is C19H33N7. The van der Waals surface area contributed by atoms with Gasteiger partial charge in [0.05, 0.1) is 0 Å². The number of hydrogen-bond acceptors (Lipinski definition) is 3. The van der Waals surface area contributed by atoms with Gasteiger partial charge in [-0.25, -0.2) is 0 Å². The third kappa shape index (κ3) is 6.55. The highest BCUT2D eigenvalue weighted by Crippen LogP contribution is 2.35. The van der Waals surface area contributed by atoms with Crippen molar-refractivity contribution < 1.29 is 0 Å². The Labute approximate surface area is 156 Å². The van der Waals surface area contributed by atoms with Gasteiger partial charge in [-0.15, -0.1) is 0 Å². The van der Waals surface area contributed by atoms with Crippen LogP contribution in [0.1, 0.15) is 49.3 Å². The molecule has 8 N–H and O–H groups in total. The number of nitrogens with one attached hydrogen (secondary N) is 4. The molecule has 1 aromatic rings. The summed E-state index contributed by atoms with van der Waals surface area (Å²) in [7, 11) is 0. The van der Waals surface area contributed by atoms with Crippen molar-refractivity contribution in [2.45, 2.75) is 44.6 Å². The second-order valence-electron chi connectivity index (χ2n) is 6.88. The Hall–Kier alpha value is -2.28. The van der Waals surface area contributed by atoms with Crippen LogP contribution in [0.3, 0.4) is 0 Å². The molecule has 1 aliphatic carbocycles. The van der Waals surface area contributed by atoms with Crippen LogP contribution in [-0.2, 0) is 6.42 Å². The molecule has 1 aliphatic rings. The molecule has 0 radical (unpaired) electrons. The van der Waals surface area contributed by atoms with E-state index in [2.05, 4.69) is 39.8 Å². The van der Waals surface area contributed by atoms with E-state index in [0.717, 1.165) is 58.3 Å². The van der Waals surface area contributed by atoms with E-state index >= 15 is 0 Å². The van der Waals surface area contributed by atoms with Crippen molar-refractivity contribution in [3.8, 4) is 0 Å². The summed E-state index contributed by atoms with van der Waals surface area (Å²) in [5.41, 5.74) is 13.6. The van der Waals surface area contributed by atoms with Gasteiger partial charge in [0.25, 0.3) is 0 Å². The van der Waals surface area contributed by atoms with Crippen LogP contribution >= 0.6 is 0 Å². The van der Waals surface area contributed by atoms with Crippen LogP contribution in [0.5, 0.6) is 0 Å². The number of nitrogens with two attached hydrogens (primary N) is 2. The van der Waals surface area contributed by atoms with Gasteiger partial charge in [-0.1, -0.05) is 24.3 Å². The first-order valence-corrected chi connectivity index (χ1v) is 9.55. The molecule has 0 fully saturated rings. The standard InChI is InChI=1S/C19H33N7/c20-18(21)24-11-3-5-13-26(14-6-4-12-25-19(22)23)17-10-9-15-7-1-2-8-16(15)17/h1-2,7-8,17H,3-6,9-14H2,(H4,20,21,24)(H4,22,23,25). The van der Waals surface area contributed by atoms with Gasteiger partial charge < -0.3 is 22.1 Å². The van der Waals surface area contributed by atoms with Crippen LogP contribution in [0, 0.1) is 10.8 Å². The smallest absolute Gasteiger partial charge is 0.185 e. The zero-order valence-electron chi connectivity index (χ0n) is 15.6. The van der Waals surface area contributed by atoms with Gasteiger partial charge >= 0.3 is 0 Å². The molecule has 2 rings (SSSR count). The van der Waals surface area contributed by atoms with Crippen LogP contribution < -0.4 is 22.1 Å². The molecule has 0 heterocycles. The van der Waals surface area contributed by atoms with E-state index in [1.807, 2.05) is 0 Å². The third-order valence-electron chi connectivity index (χ3n) is 4.92. The normalized spacial score (nSPS) is 15.7. The summed E-state index contributed by atoms with van der Waals surface area (Å²) in [5.74, 6) is 0.0918. The van der Waals surface area contributed by atoms with Gasteiger partial charge in [-0.2, -0.15) is 0 Å². The van der Waals surface area contributed by atoms with Gasteiger partial charge in [0.2, 0.25) is 0 Å². The maximum Gasteiger partial charge on any atom is 0.185 e. The Morgan fingerprint density at radius 3 is 2.12 bits per heavy atom. The van der Waals surface area contributed by atoms with Gasteiger partial charge in [0, 0.05) is 19.1 Å². The highest BCUT2D eigenvalue weighted by atomic mass is 15.2. The van der Waals surface area contributed by atoms with Crippen LogP contribution in [0.15, 0.2) is 24.3 Å². The molecule has 1 atom stereocenters. The first kappa shape index (κ1) is 20.0. The predicted octanol–water partition coefficient (Wildman–Crippen LogP) is 1.50. The summed E-state index contributed by atoms with van der Waals surface area (Å²) in [4.78, 5) is 2.60. The Balaban J connectivity index is 1.85. The van der Waals surface area contributed by atoms with Crippen molar-refractivity contribution in [1.29, 1.82) is 10.8 Å². The van der Waals surface area contributed by atoms with Crippen molar-refractivity contribution in [2.24, 2.45) is 11.5 Å². The van der Waals surface area contributed by atoms with E-state index < -0.39 is 0 Å². The molecule has 144 valence electrons. The van der Waals surface area contributed by atoms with E-state index in [0.29, 0.717) is 6.04 Å². The van der Waals surface area contributed by atoms with Gasteiger partial charge in [-0.05, 0) is 62.7 Å². The van der Waals surface area contributed by atoms with Gasteiger partial charge in [-0.3, -0.25) is 15.7 Å². The van der Waals surface area contributed by atoms with Crippen LogP contribution in [0.2, 0.25) is 0 Å². The molecule has 1 aromatic carbocycles. The van der Waals surface area contributed by atoms with E-state index in [9.17, 15) is 0 Å². The highest BCUT2D eigenvalue weighted by Gasteiger charge is 2.26. The summed E-state index contributed by atoms with van der Waals surface area (Å²) >= 11 is 0. The van der Waals surface area contributed by atoms with E-state index in [4.69, 9.17) is 22.3 Å². The zero-order valence-corrected chi connectivity index (χ0v) is 15.6. The molecule has 7 nitrogen and oxygen atoms in total. The minimum absolute atomic E-state index is 0.0459. The highest BCUT2D eigenvalue weighted by molar-refractivity contribution is 5.74. The van der Waals surface area contributed by atoms with Crippen LogP contribution in [0.4, 0.5) is 0 Å². The Bertz CT molecular complexity index is 563. The Morgan fingerprint density at radius 2 is 1.54 bits per heavy atom.